The monoisotopic (exact) mass is 326 g/mol. The highest BCUT2D eigenvalue weighted by molar-refractivity contribution is 6.31. The number of halogens is 2. The van der Waals surface area contributed by atoms with Crippen LogP contribution in [0.5, 0.6) is 0 Å². The first-order valence-corrected chi connectivity index (χ1v) is 9.31. The molecule has 1 fully saturated rings. The lowest BCUT2D eigenvalue weighted by atomic mass is 9.68. The second-order valence-corrected chi connectivity index (χ2v) is 7.67. The molecule has 1 aromatic rings. The van der Waals surface area contributed by atoms with E-state index in [1.165, 1.54) is 56.1 Å². The number of alkyl halides is 1. The fraction of sp³-hybridized carbons (Fsp3) is 0.684. The summed E-state index contributed by atoms with van der Waals surface area (Å²) in [7, 11) is 0. The molecule has 0 spiro atoms. The smallest absolute Gasteiger partial charge is 0.0440 e. The lowest BCUT2D eigenvalue weighted by molar-refractivity contribution is 0.166. The third kappa shape index (κ3) is 4.63. The van der Waals surface area contributed by atoms with E-state index in [4.69, 9.17) is 23.2 Å². The first-order valence-electron chi connectivity index (χ1n) is 8.39. The Bertz CT molecular complexity index is 445. The van der Waals surface area contributed by atoms with E-state index in [0.29, 0.717) is 0 Å². The van der Waals surface area contributed by atoms with Gasteiger partial charge in [-0.05, 0) is 67.6 Å². The van der Waals surface area contributed by atoms with Crippen molar-refractivity contribution < 1.29 is 0 Å². The zero-order chi connectivity index (χ0) is 15.3. The summed E-state index contributed by atoms with van der Waals surface area (Å²) in [4.78, 5) is 0. The minimum Gasteiger partial charge on any atom is -0.126 e. The quantitative estimate of drug-likeness (QED) is 0.504. The molecule has 0 N–H and O–H groups in total. The molecule has 1 aromatic carbocycles. The summed E-state index contributed by atoms with van der Waals surface area (Å²) in [6.07, 6.45) is 10.3. The van der Waals surface area contributed by atoms with Gasteiger partial charge < -0.3 is 0 Å². The Kier molecular flexibility index (Phi) is 6.44. The van der Waals surface area contributed by atoms with Gasteiger partial charge in [-0.3, -0.25) is 0 Å². The maximum Gasteiger partial charge on any atom is 0.0440 e. The number of unbranched alkanes of at least 4 members (excludes halogenated alkanes) is 1. The molecule has 21 heavy (non-hydrogen) atoms. The molecule has 1 saturated carbocycles. The molecule has 0 nitrogen and oxygen atoms in total. The summed E-state index contributed by atoms with van der Waals surface area (Å²) in [6, 6.07) is 6.43. The van der Waals surface area contributed by atoms with Crippen LogP contribution in [-0.2, 0) is 6.42 Å². The van der Waals surface area contributed by atoms with Gasteiger partial charge in [0.05, 0.1) is 0 Å². The molecule has 2 heteroatoms. The molecule has 0 heterocycles. The van der Waals surface area contributed by atoms with Crippen molar-refractivity contribution in [3.63, 3.8) is 0 Å². The summed E-state index contributed by atoms with van der Waals surface area (Å²) < 4.78 is 0. The highest BCUT2D eigenvalue weighted by atomic mass is 35.5. The highest BCUT2D eigenvalue weighted by Crippen LogP contribution is 2.44. The molecular weight excluding hydrogens is 299 g/mol. The van der Waals surface area contributed by atoms with Gasteiger partial charge in [-0.1, -0.05) is 49.9 Å². The fourth-order valence-electron chi connectivity index (χ4n) is 3.63. The third-order valence-corrected chi connectivity index (χ3v) is 6.11. The number of aryl methyl sites for hydroxylation is 1. The van der Waals surface area contributed by atoms with Gasteiger partial charge in [0, 0.05) is 10.9 Å². The normalized spacial score (nSPS) is 26.0. The molecule has 0 amide bonds. The summed E-state index contributed by atoms with van der Waals surface area (Å²) in [5.74, 6) is 1.69. The third-order valence-electron chi connectivity index (χ3n) is 5.19. The fourth-order valence-corrected chi connectivity index (χ4v) is 4.29. The molecule has 1 aliphatic rings. The SMILES string of the molecule is CCCCC1CCC(CCl)(Cc2ccc(C)cc2Cl)CC1. The Labute approximate surface area is 140 Å². The van der Waals surface area contributed by atoms with Crippen molar-refractivity contribution in [1.82, 2.24) is 0 Å². The van der Waals surface area contributed by atoms with Gasteiger partial charge in [-0.15, -0.1) is 11.6 Å². The van der Waals surface area contributed by atoms with Crippen LogP contribution in [0, 0.1) is 18.3 Å². The number of hydrogen-bond acceptors (Lipinski definition) is 0. The van der Waals surface area contributed by atoms with E-state index in [9.17, 15) is 0 Å². The van der Waals surface area contributed by atoms with Gasteiger partial charge in [-0.25, -0.2) is 0 Å². The Hall–Kier alpha value is -0.200. The Morgan fingerprint density at radius 3 is 2.52 bits per heavy atom. The average molecular weight is 327 g/mol. The van der Waals surface area contributed by atoms with Crippen LogP contribution >= 0.6 is 23.2 Å². The topological polar surface area (TPSA) is 0 Å². The Morgan fingerprint density at radius 1 is 1.24 bits per heavy atom. The van der Waals surface area contributed by atoms with Crippen molar-refractivity contribution in [2.24, 2.45) is 11.3 Å². The van der Waals surface area contributed by atoms with Crippen LogP contribution in [0.4, 0.5) is 0 Å². The van der Waals surface area contributed by atoms with Crippen LogP contribution < -0.4 is 0 Å². The molecule has 0 saturated heterocycles. The van der Waals surface area contributed by atoms with Crippen LogP contribution in [0.3, 0.4) is 0 Å². The van der Waals surface area contributed by atoms with Crippen LogP contribution in [0.1, 0.15) is 63.0 Å². The van der Waals surface area contributed by atoms with Crippen LogP contribution in [0.2, 0.25) is 5.02 Å². The maximum absolute atomic E-state index is 6.42. The molecular formula is C19H28Cl2. The highest BCUT2D eigenvalue weighted by Gasteiger charge is 2.35. The molecule has 0 bridgehead atoms. The molecule has 0 unspecified atom stereocenters. The molecule has 1 aliphatic carbocycles. The summed E-state index contributed by atoms with van der Waals surface area (Å²) in [5.41, 5.74) is 2.77. The van der Waals surface area contributed by atoms with E-state index in [-0.39, 0.29) is 5.41 Å². The summed E-state index contributed by atoms with van der Waals surface area (Å²) in [6.45, 7) is 4.37. The zero-order valence-electron chi connectivity index (χ0n) is 13.4. The second kappa shape index (κ2) is 7.88. The van der Waals surface area contributed by atoms with E-state index in [1.54, 1.807) is 0 Å². The van der Waals surface area contributed by atoms with Crippen LogP contribution in [0.15, 0.2) is 18.2 Å². The van der Waals surface area contributed by atoms with Crippen molar-refractivity contribution in [3.05, 3.63) is 34.3 Å². The van der Waals surface area contributed by atoms with E-state index < -0.39 is 0 Å². The van der Waals surface area contributed by atoms with E-state index >= 15 is 0 Å². The van der Waals surface area contributed by atoms with Gasteiger partial charge >= 0.3 is 0 Å². The van der Waals surface area contributed by atoms with Gasteiger partial charge in [0.15, 0.2) is 0 Å². The molecule has 2 rings (SSSR count). The van der Waals surface area contributed by atoms with Crippen molar-refractivity contribution in [2.75, 3.05) is 5.88 Å². The zero-order valence-corrected chi connectivity index (χ0v) is 14.9. The van der Waals surface area contributed by atoms with Gasteiger partial charge in [0.25, 0.3) is 0 Å². The van der Waals surface area contributed by atoms with Crippen LogP contribution in [0.25, 0.3) is 0 Å². The average Bonchev–Trinajstić information content (AvgIpc) is 2.49. The van der Waals surface area contributed by atoms with Gasteiger partial charge in [-0.2, -0.15) is 0 Å². The molecule has 0 radical (unpaired) electrons. The molecule has 0 atom stereocenters. The van der Waals surface area contributed by atoms with Gasteiger partial charge in [0.1, 0.15) is 0 Å². The molecule has 0 aliphatic heterocycles. The van der Waals surface area contributed by atoms with Gasteiger partial charge in [0.2, 0.25) is 0 Å². The number of benzene rings is 1. The number of hydrogen-bond donors (Lipinski definition) is 0. The minimum absolute atomic E-state index is 0.267. The van der Waals surface area contributed by atoms with Crippen molar-refractivity contribution >= 4 is 23.2 Å². The summed E-state index contributed by atoms with van der Waals surface area (Å²) in [5, 5.41) is 0.910. The lowest BCUT2D eigenvalue weighted by Crippen LogP contribution is -2.31. The minimum atomic E-state index is 0.267. The Balaban J connectivity index is 1.99. The lowest BCUT2D eigenvalue weighted by Gasteiger charge is -2.39. The van der Waals surface area contributed by atoms with Crippen molar-refractivity contribution in [1.29, 1.82) is 0 Å². The molecule has 118 valence electrons. The predicted octanol–water partition coefficient (Wildman–Crippen LogP) is 6.80. The second-order valence-electron chi connectivity index (χ2n) is 6.99. The maximum atomic E-state index is 6.42. The Morgan fingerprint density at radius 2 is 1.95 bits per heavy atom. The van der Waals surface area contributed by atoms with Crippen molar-refractivity contribution in [3.8, 4) is 0 Å². The van der Waals surface area contributed by atoms with Crippen molar-refractivity contribution in [2.45, 2.75) is 65.2 Å². The standard InChI is InChI=1S/C19H28Cl2/c1-3-4-5-16-8-10-19(14-20,11-9-16)13-17-7-6-15(2)12-18(17)21/h6-7,12,16H,3-5,8-11,13-14H2,1-2H3. The molecule has 0 aromatic heterocycles. The van der Waals surface area contributed by atoms with E-state index in [2.05, 4.69) is 32.0 Å². The van der Waals surface area contributed by atoms with E-state index in [1.807, 2.05) is 0 Å². The van der Waals surface area contributed by atoms with Crippen LogP contribution in [-0.4, -0.2) is 5.88 Å². The largest absolute Gasteiger partial charge is 0.126 e. The first-order chi connectivity index (χ1) is 10.1. The first kappa shape index (κ1) is 17.2. The van der Waals surface area contributed by atoms with E-state index in [0.717, 1.165) is 23.2 Å². The number of rotatable bonds is 6. The predicted molar refractivity (Wildman–Crippen MR) is 94.5 cm³/mol. The summed E-state index contributed by atoms with van der Waals surface area (Å²) >= 11 is 12.8.